The molecule has 3 heterocycles. The Hall–Kier alpha value is -0.750. The van der Waals surface area contributed by atoms with Gasteiger partial charge in [-0.15, -0.1) is 11.3 Å². The molecule has 0 bridgehead atoms. The molecule has 3 nitrogen and oxygen atoms in total. The molecular weight excluding hydrogens is 322 g/mol. The molecule has 3 rings (SSSR count). The quantitative estimate of drug-likeness (QED) is 0.873. The van der Waals surface area contributed by atoms with E-state index in [-0.39, 0.29) is 0 Å². The molecule has 2 aromatic heterocycles. The smallest absolute Gasteiger partial charge is 0.106 e. The van der Waals surface area contributed by atoms with Crippen molar-refractivity contribution >= 4 is 27.3 Å². The third-order valence-electron chi connectivity index (χ3n) is 3.40. The van der Waals surface area contributed by atoms with Crippen LogP contribution in [0.5, 0.6) is 0 Å². The largest absolute Gasteiger partial charge is 0.314 e. The summed E-state index contributed by atoms with van der Waals surface area (Å²) in [7, 11) is 0. The van der Waals surface area contributed by atoms with Gasteiger partial charge in [0, 0.05) is 37.3 Å². The highest BCUT2D eigenvalue weighted by Gasteiger charge is 2.24. The lowest BCUT2D eigenvalue weighted by Crippen LogP contribution is -2.45. The van der Waals surface area contributed by atoms with Crippen LogP contribution >= 0.6 is 27.3 Å². The first-order valence-electron chi connectivity index (χ1n) is 6.44. The van der Waals surface area contributed by atoms with Crippen molar-refractivity contribution in [3.8, 4) is 0 Å². The molecule has 0 unspecified atom stereocenters. The van der Waals surface area contributed by atoms with Gasteiger partial charge in [0.25, 0.3) is 0 Å². The Morgan fingerprint density at radius 1 is 1.26 bits per heavy atom. The Morgan fingerprint density at radius 3 is 2.74 bits per heavy atom. The number of hydrogen-bond acceptors (Lipinski definition) is 4. The molecule has 2 aromatic rings. The highest BCUT2D eigenvalue weighted by molar-refractivity contribution is 9.10. The number of pyridine rings is 1. The van der Waals surface area contributed by atoms with Crippen LogP contribution in [-0.2, 0) is 0 Å². The Kier molecular flexibility index (Phi) is 4.28. The fourth-order valence-corrected chi connectivity index (χ4v) is 3.61. The zero-order valence-electron chi connectivity index (χ0n) is 10.6. The van der Waals surface area contributed by atoms with Crippen LogP contribution < -0.4 is 5.32 Å². The van der Waals surface area contributed by atoms with E-state index >= 15 is 0 Å². The number of thiophene rings is 1. The van der Waals surface area contributed by atoms with Crippen LogP contribution in [0.1, 0.15) is 16.5 Å². The molecule has 100 valence electrons. The summed E-state index contributed by atoms with van der Waals surface area (Å²) in [4.78, 5) is 8.31. The fraction of sp³-hybridized carbons (Fsp3) is 0.357. The number of nitrogens with one attached hydrogen (secondary N) is 1. The van der Waals surface area contributed by atoms with Gasteiger partial charge in [-0.1, -0.05) is 12.1 Å². The average Bonchev–Trinajstić information content (AvgIpc) is 2.96. The summed E-state index contributed by atoms with van der Waals surface area (Å²) in [5.41, 5.74) is 1.27. The van der Waals surface area contributed by atoms with Crippen LogP contribution in [-0.4, -0.2) is 36.1 Å². The molecule has 1 saturated heterocycles. The summed E-state index contributed by atoms with van der Waals surface area (Å²) in [6.07, 6.45) is 1.98. The summed E-state index contributed by atoms with van der Waals surface area (Å²) in [6, 6.07) is 8.88. The molecule has 0 saturated carbocycles. The van der Waals surface area contributed by atoms with Crippen molar-refractivity contribution in [2.75, 3.05) is 26.2 Å². The summed E-state index contributed by atoms with van der Waals surface area (Å²) >= 11 is 5.23. The number of piperazine rings is 1. The first kappa shape index (κ1) is 13.2. The number of rotatable bonds is 3. The maximum atomic E-state index is 4.38. The number of aromatic nitrogens is 1. The van der Waals surface area contributed by atoms with Crippen LogP contribution in [0.15, 0.2) is 40.4 Å². The van der Waals surface area contributed by atoms with Gasteiger partial charge in [0.1, 0.15) is 4.60 Å². The standard InChI is InChI=1S/C14H16BrN3S/c15-13-4-3-11(10-17-13)14(12-2-1-9-19-12)18-7-5-16-6-8-18/h1-4,9-10,14,16H,5-8H2/t14-/m0/s1. The van der Waals surface area contributed by atoms with Crippen molar-refractivity contribution in [2.45, 2.75) is 6.04 Å². The summed E-state index contributed by atoms with van der Waals surface area (Å²) in [5.74, 6) is 0. The summed E-state index contributed by atoms with van der Waals surface area (Å²) in [6.45, 7) is 4.29. The molecule has 1 aliphatic rings. The van der Waals surface area contributed by atoms with E-state index in [2.05, 4.69) is 54.7 Å². The molecule has 0 spiro atoms. The molecule has 0 aromatic carbocycles. The maximum Gasteiger partial charge on any atom is 0.106 e. The van der Waals surface area contributed by atoms with Crippen molar-refractivity contribution in [3.05, 3.63) is 50.9 Å². The van der Waals surface area contributed by atoms with Gasteiger partial charge in [0.15, 0.2) is 0 Å². The average molecular weight is 338 g/mol. The zero-order chi connectivity index (χ0) is 13.1. The van der Waals surface area contributed by atoms with Gasteiger partial charge < -0.3 is 5.32 Å². The van der Waals surface area contributed by atoms with Crippen molar-refractivity contribution in [1.82, 2.24) is 15.2 Å². The Morgan fingerprint density at radius 2 is 2.11 bits per heavy atom. The van der Waals surface area contributed by atoms with E-state index < -0.39 is 0 Å². The van der Waals surface area contributed by atoms with E-state index in [1.54, 1.807) is 0 Å². The van der Waals surface area contributed by atoms with E-state index in [4.69, 9.17) is 0 Å². The van der Waals surface area contributed by atoms with Gasteiger partial charge in [-0.3, -0.25) is 4.90 Å². The molecule has 19 heavy (non-hydrogen) atoms. The second-order valence-electron chi connectivity index (χ2n) is 4.62. The van der Waals surface area contributed by atoms with Crippen molar-refractivity contribution in [1.29, 1.82) is 0 Å². The van der Waals surface area contributed by atoms with Crippen LogP contribution in [0.3, 0.4) is 0 Å². The molecule has 1 aliphatic heterocycles. The minimum atomic E-state index is 0.336. The number of hydrogen-bond donors (Lipinski definition) is 1. The molecule has 1 atom stereocenters. The minimum absolute atomic E-state index is 0.336. The summed E-state index contributed by atoms with van der Waals surface area (Å²) < 4.78 is 0.890. The highest BCUT2D eigenvalue weighted by Crippen LogP contribution is 2.31. The molecule has 1 fully saturated rings. The van der Waals surface area contributed by atoms with E-state index in [9.17, 15) is 0 Å². The lowest BCUT2D eigenvalue weighted by Gasteiger charge is -2.34. The molecule has 1 N–H and O–H groups in total. The molecule has 0 amide bonds. The zero-order valence-corrected chi connectivity index (χ0v) is 13.0. The van der Waals surface area contributed by atoms with Gasteiger partial charge in [0.2, 0.25) is 0 Å². The minimum Gasteiger partial charge on any atom is -0.314 e. The molecule has 5 heteroatoms. The molecule has 0 aliphatic carbocycles. The van der Waals surface area contributed by atoms with Crippen LogP contribution in [0, 0.1) is 0 Å². The van der Waals surface area contributed by atoms with Gasteiger partial charge in [0.05, 0.1) is 6.04 Å². The van der Waals surface area contributed by atoms with Gasteiger partial charge in [-0.05, 0) is 39.0 Å². The first-order valence-corrected chi connectivity index (χ1v) is 8.11. The van der Waals surface area contributed by atoms with Crippen molar-refractivity contribution in [2.24, 2.45) is 0 Å². The Balaban J connectivity index is 1.93. The van der Waals surface area contributed by atoms with E-state index in [1.165, 1.54) is 10.4 Å². The summed E-state index contributed by atoms with van der Waals surface area (Å²) in [5, 5.41) is 5.56. The SMILES string of the molecule is Brc1ccc([C@@H](c2cccs2)N2CCNCC2)cn1. The van der Waals surface area contributed by atoms with E-state index in [0.29, 0.717) is 6.04 Å². The first-order chi connectivity index (χ1) is 9.34. The van der Waals surface area contributed by atoms with E-state index in [0.717, 1.165) is 30.8 Å². The van der Waals surface area contributed by atoms with Crippen LogP contribution in [0.4, 0.5) is 0 Å². The van der Waals surface area contributed by atoms with Crippen molar-refractivity contribution < 1.29 is 0 Å². The van der Waals surface area contributed by atoms with Gasteiger partial charge in [-0.25, -0.2) is 4.98 Å². The third kappa shape index (κ3) is 3.05. The Bertz CT molecular complexity index is 506. The normalized spacial score (nSPS) is 18.4. The molecule has 0 radical (unpaired) electrons. The van der Waals surface area contributed by atoms with Gasteiger partial charge in [-0.2, -0.15) is 0 Å². The van der Waals surface area contributed by atoms with Crippen molar-refractivity contribution in [3.63, 3.8) is 0 Å². The molecular formula is C14H16BrN3S. The second-order valence-corrected chi connectivity index (χ2v) is 6.41. The predicted octanol–water partition coefficient (Wildman–Crippen LogP) is 2.90. The number of nitrogens with zero attached hydrogens (tertiary/aromatic N) is 2. The van der Waals surface area contributed by atoms with Gasteiger partial charge >= 0.3 is 0 Å². The monoisotopic (exact) mass is 337 g/mol. The van der Waals surface area contributed by atoms with Crippen LogP contribution in [0.2, 0.25) is 0 Å². The maximum absolute atomic E-state index is 4.38. The predicted molar refractivity (Wildman–Crippen MR) is 82.5 cm³/mol. The van der Waals surface area contributed by atoms with E-state index in [1.807, 2.05) is 23.6 Å². The highest BCUT2D eigenvalue weighted by atomic mass is 79.9. The second kappa shape index (κ2) is 6.13. The number of halogens is 1. The lowest BCUT2D eigenvalue weighted by atomic mass is 10.0. The van der Waals surface area contributed by atoms with Crippen LogP contribution in [0.25, 0.3) is 0 Å². The Labute approximate surface area is 125 Å². The fourth-order valence-electron chi connectivity index (χ4n) is 2.49. The lowest BCUT2D eigenvalue weighted by molar-refractivity contribution is 0.200. The third-order valence-corrected chi connectivity index (χ3v) is 4.79. The topological polar surface area (TPSA) is 28.2 Å².